The van der Waals surface area contributed by atoms with Gasteiger partial charge < -0.3 is 14.9 Å². The Bertz CT molecular complexity index is 369. The highest BCUT2D eigenvalue weighted by atomic mass is 32.1. The lowest BCUT2D eigenvalue weighted by Crippen LogP contribution is -2.46. The molecule has 0 aromatic heterocycles. The molecule has 1 aromatic carbocycles. The van der Waals surface area contributed by atoms with Gasteiger partial charge in [-0.1, -0.05) is 12.2 Å². The van der Waals surface area contributed by atoms with Gasteiger partial charge in [0.2, 0.25) is 0 Å². The first kappa shape index (κ1) is 11.4. The summed E-state index contributed by atoms with van der Waals surface area (Å²) in [5.74, 6) is 0.282. The maximum Gasteiger partial charge on any atom is 0.115 e. The molecular weight excluding hydrogens is 220 g/mol. The van der Waals surface area contributed by atoms with Crippen molar-refractivity contribution in [3.8, 4) is 5.75 Å². The Morgan fingerprint density at radius 3 is 2.25 bits per heavy atom. The lowest BCUT2D eigenvalue weighted by atomic mass is 10.2. The van der Waals surface area contributed by atoms with E-state index in [0.29, 0.717) is 0 Å². The molecule has 86 valence electrons. The lowest BCUT2D eigenvalue weighted by molar-refractivity contribution is 0.218. The molecule has 2 rings (SSSR count). The van der Waals surface area contributed by atoms with Gasteiger partial charge in [0.15, 0.2) is 0 Å². The summed E-state index contributed by atoms with van der Waals surface area (Å²) < 4.78 is 0. The number of piperazine rings is 1. The first-order valence-corrected chi connectivity index (χ1v) is 5.84. The van der Waals surface area contributed by atoms with Gasteiger partial charge >= 0.3 is 0 Å². The predicted molar refractivity (Wildman–Crippen MR) is 68.9 cm³/mol. The van der Waals surface area contributed by atoms with E-state index in [2.05, 4.69) is 16.8 Å². The monoisotopic (exact) mass is 236 g/mol. The average molecular weight is 236 g/mol. The van der Waals surface area contributed by atoms with Crippen molar-refractivity contribution in [1.82, 2.24) is 9.80 Å². The van der Waals surface area contributed by atoms with Gasteiger partial charge in [0.1, 0.15) is 10.7 Å². The van der Waals surface area contributed by atoms with Gasteiger partial charge in [-0.15, -0.1) is 0 Å². The van der Waals surface area contributed by atoms with Crippen LogP contribution in [0.5, 0.6) is 5.75 Å². The molecule has 4 heteroatoms. The summed E-state index contributed by atoms with van der Waals surface area (Å²) in [5.41, 5.74) is 1.01. The Hall–Kier alpha value is -1.13. The van der Waals surface area contributed by atoms with Crippen LogP contribution in [-0.2, 0) is 0 Å². The third-order valence-corrected chi connectivity index (χ3v) is 3.40. The quantitative estimate of drug-likeness (QED) is 0.744. The molecule has 1 saturated heterocycles. The van der Waals surface area contributed by atoms with Crippen molar-refractivity contribution in [3.63, 3.8) is 0 Å². The Kier molecular flexibility index (Phi) is 3.41. The highest BCUT2D eigenvalue weighted by Gasteiger charge is 2.17. The van der Waals surface area contributed by atoms with Crippen LogP contribution in [0.15, 0.2) is 24.3 Å². The molecule has 1 N–H and O–H groups in total. The summed E-state index contributed by atoms with van der Waals surface area (Å²) >= 11 is 5.45. The van der Waals surface area contributed by atoms with Gasteiger partial charge in [0.05, 0.1) is 0 Å². The minimum Gasteiger partial charge on any atom is -0.508 e. The zero-order chi connectivity index (χ0) is 11.5. The van der Waals surface area contributed by atoms with E-state index in [9.17, 15) is 5.11 Å². The van der Waals surface area contributed by atoms with Crippen molar-refractivity contribution in [3.05, 3.63) is 29.8 Å². The number of aromatic hydroxyl groups is 1. The first-order chi connectivity index (χ1) is 7.66. The van der Waals surface area contributed by atoms with E-state index >= 15 is 0 Å². The molecule has 0 amide bonds. The molecule has 0 saturated carbocycles. The van der Waals surface area contributed by atoms with E-state index in [4.69, 9.17) is 12.2 Å². The summed E-state index contributed by atoms with van der Waals surface area (Å²) in [4.78, 5) is 5.41. The van der Waals surface area contributed by atoms with Crippen molar-refractivity contribution in [2.75, 3.05) is 33.2 Å². The molecule has 0 bridgehead atoms. The third kappa shape index (κ3) is 2.51. The second kappa shape index (κ2) is 4.80. The van der Waals surface area contributed by atoms with Crippen molar-refractivity contribution in [1.29, 1.82) is 0 Å². The van der Waals surface area contributed by atoms with E-state index < -0.39 is 0 Å². The van der Waals surface area contributed by atoms with Gasteiger partial charge in [0.25, 0.3) is 0 Å². The number of nitrogens with zero attached hydrogens (tertiary/aromatic N) is 2. The highest BCUT2D eigenvalue weighted by Crippen LogP contribution is 2.13. The van der Waals surface area contributed by atoms with Gasteiger partial charge in [0, 0.05) is 31.7 Å². The molecule has 0 spiro atoms. The van der Waals surface area contributed by atoms with Crippen molar-refractivity contribution in [2.24, 2.45) is 0 Å². The molecule has 1 heterocycles. The Labute approximate surface area is 101 Å². The Balaban J connectivity index is 2.05. The van der Waals surface area contributed by atoms with Crippen LogP contribution in [0.3, 0.4) is 0 Å². The van der Waals surface area contributed by atoms with Gasteiger partial charge in [-0.25, -0.2) is 0 Å². The smallest absolute Gasteiger partial charge is 0.115 e. The fourth-order valence-corrected chi connectivity index (χ4v) is 2.11. The second-order valence-electron chi connectivity index (χ2n) is 4.14. The normalized spacial score (nSPS) is 17.4. The maximum atomic E-state index is 9.22. The molecule has 1 aliphatic heterocycles. The fourth-order valence-electron chi connectivity index (χ4n) is 1.80. The van der Waals surface area contributed by atoms with Crippen LogP contribution >= 0.6 is 12.2 Å². The SMILES string of the molecule is CN1CCN(C(=S)c2ccc(O)cc2)CC1. The van der Waals surface area contributed by atoms with E-state index in [-0.39, 0.29) is 5.75 Å². The van der Waals surface area contributed by atoms with E-state index in [1.54, 1.807) is 12.1 Å². The number of thiocarbonyl (C=S) groups is 1. The summed E-state index contributed by atoms with van der Waals surface area (Å²) in [6.45, 7) is 4.07. The summed E-state index contributed by atoms with van der Waals surface area (Å²) in [7, 11) is 2.13. The zero-order valence-corrected chi connectivity index (χ0v) is 10.2. The van der Waals surface area contributed by atoms with E-state index in [1.807, 2.05) is 12.1 Å². The van der Waals surface area contributed by atoms with Crippen LogP contribution in [0.2, 0.25) is 0 Å². The standard InChI is InChI=1S/C12H16N2OS/c1-13-6-8-14(9-7-13)12(16)10-2-4-11(15)5-3-10/h2-5,15H,6-9H2,1H3. The van der Waals surface area contributed by atoms with Crippen LogP contribution in [0, 0.1) is 0 Å². The van der Waals surface area contributed by atoms with Gasteiger partial charge in [-0.05, 0) is 31.3 Å². The molecule has 0 atom stereocenters. The minimum absolute atomic E-state index is 0.282. The molecule has 1 fully saturated rings. The molecule has 1 aliphatic rings. The zero-order valence-electron chi connectivity index (χ0n) is 9.39. The number of benzene rings is 1. The number of likely N-dealkylation sites (N-methyl/N-ethyl adjacent to an activating group) is 1. The van der Waals surface area contributed by atoms with Crippen LogP contribution < -0.4 is 0 Å². The Morgan fingerprint density at radius 2 is 1.69 bits per heavy atom. The fraction of sp³-hybridized carbons (Fsp3) is 0.417. The maximum absolute atomic E-state index is 9.22. The molecule has 1 aromatic rings. The lowest BCUT2D eigenvalue weighted by Gasteiger charge is -2.34. The van der Waals surface area contributed by atoms with Crippen LogP contribution in [0.1, 0.15) is 5.56 Å². The van der Waals surface area contributed by atoms with Crippen LogP contribution in [0.4, 0.5) is 0 Å². The highest BCUT2D eigenvalue weighted by molar-refractivity contribution is 7.80. The predicted octanol–water partition coefficient (Wildman–Crippen LogP) is 1.32. The number of phenols is 1. The number of phenolic OH excluding ortho intramolecular Hbond substituents is 1. The number of rotatable bonds is 1. The minimum atomic E-state index is 0.282. The molecule has 0 radical (unpaired) electrons. The van der Waals surface area contributed by atoms with Crippen LogP contribution in [0.25, 0.3) is 0 Å². The second-order valence-corrected chi connectivity index (χ2v) is 4.53. The average Bonchev–Trinajstić information content (AvgIpc) is 2.30. The summed E-state index contributed by atoms with van der Waals surface area (Å²) in [6, 6.07) is 7.10. The van der Waals surface area contributed by atoms with Gasteiger partial charge in [-0.2, -0.15) is 0 Å². The molecular formula is C12H16N2OS. The van der Waals surface area contributed by atoms with Crippen LogP contribution in [-0.4, -0.2) is 53.1 Å². The number of hydrogen-bond donors (Lipinski definition) is 1. The summed E-state index contributed by atoms with van der Waals surface area (Å²) in [6.07, 6.45) is 0. The van der Waals surface area contributed by atoms with Crippen molar-refractivity contribution < 1.29 is 5.11 Å². The third-order valence-electron chi connectivity index (χ3n) is 2.90. The largest absolute Gasteiger partial charge is 0.508 e. The van der Waals surface area contributed by atoms with Gasteiger partial charge in [-0.3, -0.25) is 0 Å². The van der Waals surface area contributed by atoms with E-state index in [0.717, 1.165) is 36.7 Å². The Morgan fingerprint density at radius 1 is 1.12 bits per heavy atom. The number of hydrogen-bond acceptors (Lipinski definition) is 3. The first-order valence-electron chi connectivity index (χ1n) is 5.43. The summed E-state index contributed by atoms with van der Waals surface area (Å²) in [5, 5.41) is 9.22. The molecule has 16 heavy (non-hydrogen) atoms. The van der Waals surface area contributed by atoms with Crippen molar-refractivity contribution >= 4 is 17.2 Å². The van der Waals surface area contributed by atoms with Crippen molar-refractivity contribution in [2.45, 2.75) is 0 Å². The molecule has 0 unspecified atom stereocenters. The molecule has 0 aliphatic carbocycles. The topological polar surface area (TPSA) is 26.7 Å². The molecule has 3 nitrogen and oxygen atoms in total. The van der Waals surface area contributed by atoms with E-state index in [1.165, 1.54) is 0 Å².